The maximum absolute atomic E-state index is 13.6. The molecule has 0 aliphatic carbocycles. The molecular weight excluding hydrogens is 317 g/mol. The predicted octanol–water partition coefficient (Wildman–Crippen LogP) is 1.76. The number of nitrogens with one attached hydrogen (secondary N) is 1. The maximum Gasteiger partial charge on any atom is 0.311 e. The van der Waals surface area contributed by atoms with E-state index < -0.39 is 17.2 Å². The van der Waals surface area contributed by atoms with Gasteiger partial charge in [0.05, 0.1) is 12.5 Å². The van der Waals surface area contributed by atoms with Gasteiger partial charge in [0.2, 0.25) is 5.91 Å². The molecule has 0 unspecified atom stereocenters. The Balaban J connectivity index is 1.84. The molecule has 0 bridgehead atoms. The summed E-state index contributed by atoms with van der Waals surface area (Å²) in [4.78, 5) is 23.5. The first-order valence-corrected chi connectivity index (χ1v) is 7.87. The van der Waals surface area contributed by atoms with E-state index in [-0.39, 0.29) is 24.6 Å². The fourth-order valence-electron chi connectivity index (χ4n) is 2.71. The van der Waals surface area contributed by atoms with Crippen molar-refractivity contribution in [2.24, 2.45) is 5.41 Å². The largest absolute Gasteiger partial charge is 0.494 e. The Morgan fingerprint density at radius 2 is 2.08 bits per heavy atom. The van der Waals surface area contributed by atoms with Gasteiger partial charge >= 0.3 is 5.97 Å². The number of methoxy groups -OCH3 is 1. The number of carboxylic acid groups (broad SMARTS) is 1. The Hall–Kier alpha value is -2.15. The number of aliphatic carboxylic acids is 1. The highest BCUT2D eigenvalue weighted by Crippen LogP contribution is 2.30. The van der Waals surface area contributed by atoms with Gasteiger partial charge in [-0.2, -0.15) is 0 Å². The molecule has 6 nitrogen and oxygen atoms in total. The number of rotatable bonds is 7. The summed E-state index contributed by atoms with van der Waals surface area (Å²) in [6.07, 6.45) is 1.30. The van der Waals surface area contributed by atoms with Gasteiger partial charge in [-0.05, 0) is 37.0 Å². The number of carbonyl (C=O) groups excluding carboxylic acids is 1. The van der Waals surface area contributed by atoms with Gasteiger partial charge < -0.3 is 19.9 Å². The third-order valence-electron chi connectivity index (χ3n) is 4.38. The fourth-order valence-corrected chi connectivity index (χ4v) is 2.71. The number of benzene rings is 1. The molecule has 0 aromatic heterocycles. The molecule has 24 heavy (non-hydrogen) atoms. The summed E-state index contributed by atoms with van der Waals surface area (Å²) in [5.74, 6) is -1.48. The lowest BCUT2D eigenvalue weighted by Gasteiger charge is -2.33. The molecule has 1 saturated heterocycles. The summed E-state index contributed by atoms with van der Waals surface area (Å²) >= 11 is 0. The molecule has 1 aromatic rings. The Morgan fingerprint density at radius 3 is 2.67 bits per heavy atom. The second-order valence-corrected chi connectivity index (χ2v) is 5.94. The molecule has 2 rings (SSSR count). The highest BCUT2D eigenvalue weighted by atomic mass is 19.1. The van der Waals surface area contributed by atoms with Crippen molar-refractivity contribution in [1.29, 1.82) is 0 Å². The predicted molar refractivity (Wildman–Crippen MR) is 84.4 cm³/mol. The van der Waals surface area contributed by atoms with E-state index in [0.717, 1.165) is 0 Å². The van der Waals surface area contributed by atoms with Crippen LogP contribution >= 0.6 is 0 Å². The molecule has 1 heterocycles. The van der Waals surface area contributed by atoms with Crippen molar-refractivity contribution in [3.8, 4) is 5.75 Å². The third kappa shape index (κ3) is 4.44. The summed E-state index contributed by atoms with van der Waals surface area (Å²) in [6.45, 7) is 0.849. The number of amides is 1. The van der Waals surface area contributed by atoms with E-state index in [0.29, 0.717) is 38.0 Å². The van der Waals surface area contributed by atoms with E-state index in [1.165, 1.54) is 19.2 Å². The number of hydrogen-bond donors (Lipinski definition) is 2. The Morgan fingerprint density at radius 1 is 1.38 bits per heavy atom. The van der Waals surface area contributed by atoms with Crippen LogP contribution in [0.15, 0.2) is 18.2 Å². The van der Waals surface area contributed by atoms with Gasteiger partial charge in [0.25, 0.3) is 0 Å². The lowest BCUT2D eigenvalue weighted by molar-refractivity contribution is -0.154. The topological polar surface area (TPSA) is 84.9 Å². The van der Waals surface area contributed by atoms with Crippen LogP contribution in [0.25, 0.3) is 0 Å². The Bertz CT molecular complexity index is 599. The molecule has 0 saturated carbocycles. The average Bonchev–Trinajstić information content (AvgIpc) is 2.59. The van der Waals surface area contributed by atoms with Crippen molar-refractivity contribution in [3.63, 3.8) is 0 Å². The monoisotopic (exact) mass is 339 g/mol. The van der Waals surface area contributed by atoms with Crippen LogP contribution in [0, 0.1) is 11.2 Å². The second-order valence-electron chi connectivity index (χ2n) is 5.94. The molecule has 0 spiro atoms. The molecule has 132 valence electrons. The minimum atomic E-state index is -0.958. The van der Waals surface area contributed by atoms with Crippen LogP contribution in [0.2, 0.25) is 0 Å². The summed E-state index contributed by atoms with van der Waals surface area (Å²) < 4.78 is 23.6. The van der Waals surface area contributed by atoms with Crippen LogP contribution in [-0.4, -0.2) is 43.9 Å². The summed E-state index contributed by atoms with van der Waals surface area (Å²) in [5, 5.41) is 12.1. The normalized spacial score (nSPS) is 16.4. The zero-order valence-corrected chi connectivity index (χ0v) is 13.6. The SMILES string of the molecule is COc1ccc(CCC(=O)NCC2(C(=O)O)CCOCC2)cc1F. The molecule has 1 aliphatic rings. The van der Waals surface area contributed by atoms with E-state index in [4.69, 9.17) is 9.47 Å². The third-order valence-corrected chi connectivity index (χ3v) is 4.38. The number of hydrogen-bond acceptors (Lipinski definition) is 4. The zero-order chi connectivity index (χ0) is 17.6. The van der Waals surface area contributed by atoms with Crippen LogP contribution in [-0.2, 0) is 20.7 Å². The van der Waals surface area contributed by atoms with E-state index in [1.807, 2.05) is 0 Å². The van der Waals surface area contributed by atoms with E-state index in [9.17, 15) is 19.1 Å². The van der Waals surface area contributed by atoms with Gasteiger partial charge in [0, 0.05) is 26.2 Å². The molecule has 2 N–H and O–H groups in total. The van der Waals surface area contributed by atoms with E-state index >= 15 is 0 Å². The van der Waals surface area contributed by atoms with Crippen molar-refractivity contribution >= 4 is 11.9 Å². The minimum absolute atomic E-state index is 0.0848. The quantitative estimate of drug-likeness (QED) is 0.791. The van der Waals surface area contributed by atoms with Gasteiger partial charge in [-0.15, -0.1) is 0 Å². The lowest BCUT2D eigenvalue weighted by Crippen LogP contribution is -2.46. The van der Waals surface area contributed by atoms with Crippen molar-refractivity contribution in [3.05, 3.63) is 29.6 Å². The molecule has 0 radical (unpaired) electrons. The first-order chi connectivity index (χ1) is 11.5. The molecule has 1 aliphatic heterocycles. The van der Waals surface area contributed by atoms with Crippen LogP contribution in [0.1, 0.15) is 24.8 Å². The number of halogens is 1. The fraction of sp³-hybridized carbons (Fsp3) is 0.529. The van der Waals surface area contributed by atoms with Gasteiger partial charge in [0.1, 0.15) is 0 Å². The Labute approximate surface area is 139 Å². The van der Waals surface area contributed by atoms with E-state index in [1.54, 1.807) is 6.07 Å². The molecule has 0 atom stereocenters. The smallest absolute Gasteiger partial charge is 0.311 e. The van der Waals surface area contributed by atoms with Crippen LogP contribution < -0.4 is 10.1 Å². The van der Waals surface area contributed by atoms with Crippen molar-refractivity contribution in [1.82, 2.24) is 5.32 Å². The van der Waals surface area contributed by atoms with E-state index in [2.05, 4.69) is 5.32 Å². The van der Waals surface area contributed by atoms with Crippen LogP contribution in [0.5, 0.6) is 5.75 Å². The van der Waals surface area contributed by atoms with Gasteiger partial charge in [-0.3, -0.25) is 9.59 Å². The minimum Gasteiger partial charge on any atom is -0.494 e. The number of aryl methyl sites for hydroxylation is 1. The second kappa shape index (κ2) is 8.10. The summed E-state index contributed by atoms with van der Waals surface area (Å²) in [6, 6.07) is 4.56. The number of carbonyl (C=O) groups is 2. The van der Waals surface area contributed by atoms with Crippen molar-refractivity contribution in [2.75, 3.05) is 26.9 Å². The zero-order valence-electron chi connectivity index (χ0n) is 13.6. The lowest BCUT2D eigenvalue weighted by atomic mass is 9.80. The number of ether oxygens (including phenoxy) is 2. The van der Waals surface area contributed by atoms with Gasteiger partial charge in [-0.25, -0.2) is 4.39 Å². The van der Waals surface area contributed by atoms with Crippen LogP contribution in [0.3, 0.4) is 0 Å². The van der Waals surface area contributed by atoms with Crippen LogP contribution in [0.4, 0.5) is 4.39 Å². The summed E-state index contributed by atoms with van der Waals surface area (Å²) in [7, 11) is 1.39. The maximum atomic E-state index is 13.6. The Kier molecular flexibility index (Phi) is 6.14. The van der Waals surface area contributed by atoms with Crippen molar-refractivity contribution < 1.29 is 28.6 Å². The molecular formula is C17H22FNO5. The molecule has 7 heteroatoms. The first kappa shape index (κ1) is 18.2. The van der Waals surface area contributed by atoms with Crippen molar-refractivity contribution in [2.45, 2.75) is 25.7 Å². The first-order valence-electron chi connectivity index (χ1n) is 7.87. The average molecular weight is 339 g/mol. The molecule has 1 amide bonds. The summed E-state index contributed by atoms with van der Waals surface area (Å²) in [5.41, 5.74) is -0.275. The highest BCUT2D eigenvalue weighted by molar-refractivity contribution is 5.79. The highest BCUT2D eigenvalue weighted by Gasteiger charge is 2.40. The molecule has 1 fully saturated rings. The number of carboxylic acids is 1. The molecule has 1 aromatic carbocycles. The van der Waals surface area contributed by atoms with Gasteiger partial charge in [-0.1, -0.05) is 6.07 Å². The standard InChI is InChI=1S/C17H22FNO5/c1-23-14-4-2-12(10-13(14)18)3-5-15(20)19-11-17(16(21)22)6-8-24-9-7-17/h2,4,10H,3,5-9,11H2,1H3,(H,19,20)(H,21,22). The van der Waals surface area contributed by atoms with Gasteiger partial charge in [0.15, 0.2) is 11.6 Å².